The third-order valence-electron chi connectivity index (χ3n) is 2.41. The van der Waals surface area contributed by atoms with Gasteiger partial charge in [0.15, 0.2) is 0 Å². The highest BCUT2D eigenvalue weighted by atomic mass is 14.1. The lowest BCUT2D eigenvalue weighted by atomic mass is 10.0. The first-order valence-corrected chi connectivity index (χ1v) is 4.46. The fourth-order valence-corrected chi connectivity index (χ4v) is 1.66. The van der Waals surface area contributed by atoms with Crippen LogP contribution in [-0.2, 0) is 0 Å². The Hall–Kier alpha value is -0.260. The lowest BCUT2D eigenvalue weighted by Gasteiger charge is -2.03. The summed E-state index contributed by atoms with van der Waals surface area (Å²) in [6.07, 6.45) is 8.53. The molecule has 0 nitrogen and oxygen atoms in total. The van der Waals surface area contributed by atoms with Gasteiger partial charge in [-0.25, -0.2) is 0 Å². The molecule has 1 fully saturated rings. The topological polar surface area (TPSA) is 0 Å². The van der Waals surface area contributed by atoms with Gasteiger partial charge in [-0.15, -0.1) is 0 Å². The maximum Gasteiger partial charge on any atom is -0.0318 e. The molecule has 1 rings (SSSR count). The van der Waals surface area contributed by atoms with Crippen LogP contribution in [0, 0.1) is 0 Å². The second-order valence-electron chi connectivity index (χ2n) is 3.52. The van der Waals surface area contributed by atoms with Crippen molar-refractivity contribution in [3.63, 3.8) is 0 Å². The van der Waals surface area contributed by atoms with E-state index in [2.05, 4.69) is 13.8 Å². The molecule has 0 N–H and O–H groups in total. The molecule has 0 saturated heterocycles. The van der Waals surface area contributed by atoms with Gasteiger partial charge < -0.3 is 0 Å². The molecule has 0 aromatic carbocycles. The summed E-state index contributed by atoms with van der Waals surface area (Å²) in [6.45, 7) is 4.50. The van der Waals surface area contributed by atoms with Crippen molar-refractivity contribution < 1.29 is 0 Å². The highest BCUT2D eigenvalue weighted by molar-refractivity contribution is 5.10. The quantitative estimate of drug-likeness (QED) is 0.354. The van der Waals surface area contributed by atoms with Crippen LogP contribution in [0.15, 0.2) is 11.1 Å². The Labute approximate surface area is 64.3 Å². The van der Waals surface area contributed by atoms with Crippen LogP contribution in [-0.4, -0.2) is 0 Å². The molecule has 0 unspecified atom stereocenters. The largest absolute Gasteiger partial charge is 0.0772 e. The van der Waals surface area contributed by atoms with E-state index in [0.29, 0.717) is 0 Å². The fourth-order valence-electron chi connectivity index (χ4n) is 1.66. The van der Waals surface area contributed by atoms with E-state index < -0.39 is 0 Å². The highest BCUT2D eigenvalue weighted by Gasteiger charge is 2.04. The van der Waals surface area contributed by atoms with Gasteiger partial charge in [0.25, 0.3) is 0 Å². The summed E-state index contributed by atoms with van der Waals surface area (Å²) in [5.74, 6) is 0. The van der Waals surface area contributed by atoms with Crippen molar-refractivity contribution in [1.29, 1.82) is 0 Å². The number of allylic oxidation sites excluding steroid dienone is 2. The lowest BCUT2D eigenvalue weighted by Crippen LogP contribution is -1.83. The Morgan fingerprint density at radius 3 is 1.80 bits per heavy atom. The minimum atomic E-state index is 1.38. The van der Waals surface area contributed by atoms with Gasteiger partial charge in [0.2, 0.25) is 0 Å². The van der Waals surface area contributed by atoms with E-state index in [0.717, 1.165) is 0 Å². The predicted molar refractivity (Wildman–Crippen MR) is 46.1 cm³/mol. The maximum absolute atomic E-state index is 2.25. The monoisotopic (exact) mass is 138 g/mol. The Kier molecular flexibility index (Phi) is 2.98. The van der Waals surface area contributed by atoms with Crippen molar-refractivity contribution in [2.75, 3.05) is 0 Å². The standard InChI is InChI=1S/C10H18/c1-9(2)10-7-5-3-4-6-8-10/h3-8H2,1-2H3. The van der Waals surface area contributed by atoms with Gasteiger partial charge in [-0.1, -0.05) is 24.0 Å². The van der Waals surface area contributed by atoms with Crippen molar-refractivity contribution in [3.8, 4) is 0 Å². The van der Waals surface area contributed by atoms with E-state index in [9.17, 15) is 0 Å². The van der Waals surface area contributed by atoms with Gasteiger partial charge in [0.1, 0.15) is 0 Å². The molecule has 10 heavy (non-hydrogen) atoms. The first kappa shape index (κ1) is 7.84. The molecule has 0 amide bonds. The molecule has 0 spiro atoms. The Bertz CT molecular complexity index is 117. The minimum Gasteiger partial charge on any atom is -0.0772 e. The molecule has 1 aliphatic carbocycles. The minimum absolute atomic E-state index is 1.38. The van der Waals surface area contributed by atoms with Crippen LogP contribution in [0.2, 0.25) is 0 Å². The molecule has 1 aliphatic rings. The van der Waals surface area contributed by atoms with Crippen molar-refractivity contribution in [3.05, 3.63) is 11.1 Å². The normalized spacial score (nSPS) is 20.4. The molecule has 58 valence electrons. The highest BCUT2D eigenvalue weighted by Crippen LogP contribution is 2.24. The summed E-state index contributed by atoms with van der Waals surface area (Å²) in [5, 5.41) is 0. The second-order valence-corrected chi connectivity index (χ2v) is 3.52. The van der Waals surface area contributed by atoms with Crippen LogP contribution >= 0.6 is 0 Å². The van der Waals surface area contributed by atoms with Crippen LogP contribution in [0.25, 0.3) is 0 Å². The van der Waals surface area contributed by atoms with E-state index in [4.69, 9.17) is 0 Å². The molecule has 0 heterocycles. The zero-order valence-corrected chi connectivity index (χ0v) is 7.24. The van der Waals surface area contributed by atoms with Crippen molar-refractivity contribution in [2.24, 2.45) is 0 Å². The Morgan fingerprint density at radius 1 is 0.900 bits per heavy atom. The maximum atomic E-state index is 2.25. The van der Waals surface area contributed by atoms with Crippen LogP contribution in [0.1, 0.15) is 52.4 Å². The van der Waals surface area contributed by atoms with Gasteiger partial charge in [-0.3, -0.25) is 0 Å². The molecule has 0 radical (unpaired) electrons. The molecule has 0 aromatic rings. The van der Waals surface area contributed by atoms with Gasteiger partial charge in [-0.2, -0.15) is 0 Å². The number of hydrogen-bond acceptors (Lipinski definition) is 0. The average Bonchev–Trinajstić information content (AvgIpc) is 2.12. The van der Waals surface area contributed by atoms with Crippen LogP contribution < -0.4 is 0 Å². The first-order chi connectivity index (χ1) is 4.80. The Morgan fingerprint density at radius 2 is 1.40 bits per heavy atom. The van der Waals surface area contributed by atoms with E-state index in [-0.39, 0.29) is 0 Å². The Balaban J connectivity index is 2.51. The molecular formula is C10H18. The summed E-state index contributed by atoms with van der Waals surface area (Å²) < 4.78 is 0. The molecule has 0 aliphatic heterocycles. The average molecular weight is 138 g/mol. The summed E-state index contributed by atoms with van der Waals surface area (Å²) in [5.41, 5.74) is 3.31. The molecule has 0 bridgehead atoms. The second kappa shape index (κ2) is 3.80. The molecule has 0 heteroatoms. The summed E-state index contributed by atoms with van der Waals surface area (Å²) in [4.78, 5) is 0. The van der Waals surface area contributed by atoms with Crippen LogP contribution in [0.4, 0.5) is 0 Å². The fraction of sp³-hybridized carbons (Fsp3) is 0.800. The van der Waals surface area contributed by atoms with Crippen LogP contribution in [0.3, 0.4) is 0 Å². The SMILES string of the molecule is CC(C)=C1CCCCCC1. The third kappa shape index (κ3) is 2.17. The summed E-state index contributed by atoms with van der Waals surface area (Å²) >= 11 is 0. The predicted octanol–water partition coefficient (Wildman–Crippen LogP) is 3.68. The summed E-state index contributed by atoms with van der Waals surface area (Å²) in [7, 11) is 0. The smallest absolute Gasteiger partial charge is 0.0318 e. The molecule has 1 saturated carbocycles. The van der Waals surface area contributed by atoms with Crippen molar-refractivity contribution in [2.45, 2.75) is 52.4 Å². The molecular weight excluding hydrogens is 120 g/mol. The van der Waals surface area contributed by atoms with Gasteiger partial charge in [-0.05, 0) is 39.5 Å². The zero-order chi connectivity index (χ0) is 7.40. The van der Waals surface area contributed by atoms with E-state index >= 15 is 0 Å². The van der Waals surface area contributed by atoms with Gasteiger partial charge >= 0.3 is 0 Å². The lowest BCUT2D eigenvalue weighted by molar-refractivity contribution is 0.702. The number of hydrogen-bond donors (Lipinski definition) is 0. The van der Waals surface area contributed by atoms with Gasteiger partial charge in [0.05, 0.1) is 0 Å². The third-order valence-corrected chi connectivity index (χ3v) is 2.41. The van der Waals surface area contributed by atoms with E-state index in [1.54, 1.807) is 11.1 Å². The zero-order valence-electron chi connectivity index (χ0n) is 7.24. The van der Waals surface area contributed by atoms with Gasteiger partial charge in [0, 0.05) is 0 Å². The molecule has 0 atom stereocenters. The van der Waals surface area contributed by atoms with Crippen LogP contribution in [0.5, 0.6) is 0 Å². The number of rotatable bonds is 0. The summed E-state index contributed by atoms with van der Waals surface area (Å²) in [6, 6.07) is 0. The molecule has 0 aromatic heterocycles. The first-order valence-electron chi connectivity index (χ1n) is 4.46. The van der Waals surface area contributed by atoms with Crippen molar-refractivity contribution >= 4 is 0 Å². The van der Waals surface area contributed by atoms with E-state index in [1.807, 2.05) is 0 Å². The van der Waals surface area contributed by atoms with Crippen molar-refractivity contribution in [1.82, 2.24) is 0 Å². The van der Waals surface area contributed by atoms with E-state index in [1.165, 1.54) is 38.5 Å².